The minimum absolute atomic E-state index is 0.577. The van der Waals surface area contributed by atoms with E-state index in [1.807, 2.05) is 12.1 Å². The van der Waals surface area contributed by atoms with Crippen LogP contribution in [0.4, 0.5) is 0 Å². The normalized spacial score (nSPS) is 22.3. The summed E-state index contributed by atoms with van der Waals surface area (Å²) in [6.45, 7) is 3.70. The predicted molar refractivity (Wildman–Crippen MR) is 62.3 cm³/mol. The Labute approximate surface area is 95.6 Å². The maximum absolute atomic E-state index is 5.84. The Bertz CT molecular complexity index is 291. The lowest BCUT2D eigenvalue weighted by Gasteiger charge is -2.13. The molecule has 1 fully saturated rings. The number of hydrogen-bond acceptors (Lipinski definition) is 2. The topological polar surface area (TPSA) is 21.3 Å². The molecule has 0 saturated carbocycles. The number of hydrogen-bond donors (Lipinski definition) is 1. The second-order valence-electron chi connectivity index (χ2n) is 3.98. The molecular weight excluding hydrogens is 210 g/mol. The Morgan fingerprint density at radius 3 is 2.93 bits per heavy atom. The van der Waals surface area contributed by atoms with Gasteiger partial charge in [0.05, 0.1) is 13.2 Å². The van der Waals surface area contributed by atoms with Crippen LogP contribution in [0.3, 0.4) is 0 Å². The van der Waals surface area contributed by atoms with E-state index in [4.69, 9.17) is 16.3 Å². The van der Waals surface area contributed by atoms with Crippen LogP contribution in [0.2, 0.25) is 5.02 Å². The minimum Gasteiger partial charge on any atom is -0.380 e. The first-order valence-corrected chi connectivity index (χ1v) is 5.75. The molecule has 1 saturated heterocycles. The van der Waals surface area contributed by atoms with Gasteiger partial charge in [0.1, 0.15) is 0 Å². The largest absolute Gasteiger partial charge is 0.380 e. The van der Waals surface area contributed by atoms with Gasteiger partial charge in [-0.3, -0.25) is 0 Å². The molecule has 0 aromatic heterocycles. The van der Waals surface area contributed by atoms with Crippen LogP contribution >= 0.6 is 11.6 Å². The molecule has 0 radical (unpaired) electrons. The zero-order valence-electron chi connectivity index (χ0n) is 8.71. The second-order valence-corrected chi connectivity index (χ2v) is 4.41. The molecule has 82 valence electrons. The van der Waals surface area contributed by atoms with E-state index in [2.05, 4.69) is 17.4 Å². The maximum atomic E-state index is 5.84. The number of ether oxygens (including phenoxy) is 1. The van der Waals surface area contributed by atoms with Crippen molar-refractivity contribution in [1.82, 2.24) is 5.32 Å². The lowest BCUT2D eigenvalue weighted by molar-refractivity contribution is 0.123. The summed E-state index contributed by atoms with van der Waals surface area (Å²) in [7, 11) is 0. The smallest absolute Gasteiger partial charge is 0.0591 e. The van der Waals surface area contributed by atoms with Gasteiger partial charge in [-0.05, 0) is 30.0 Å². The number of rotatable bonds is 2. The third-order valence-corrected chi connectivity index (χ3v) is 2.90. The molecule has 1 aliphatic rings. The van der Waals surface area contributed by atoms with Gasteiger partial charge in [0, 0.05) is 18.1 Å². The first-order chi connectivity index (χ1) is 7.34. The molecule has 0 bridgehead atoms. The summed E-state index contributed by atoms with van der Waals surface area (Å²) in [5.74, 6) is 0.577. The highest BCUT2D eigenvalue weighted by Crippen LogP contribution is 2.14. The van der Waals surface area contributed by atoms with Gasteiger partial charge in [-0.2, -0.15) is 0 Å². The molecule has 1 atom stereocenters. The summed E-state index contributed by atoms with van der Waals surface area (Å²) >= 11 is 5.84. The molecule has 0 amide bonds. The fourth-order valence-electron chi connectivity index (χ4n) is 1.84. The number of nitrogens with one attached hydrogen (secondary N) is 1. The van der Waals surface area contributed by atoms with Crippen LogP contribution in [0.15, 0.2) is 24.3 Å². The molecule has 1 aliphatic heterocycles. The minimum atomic E-state index is 0.577. The highest BCUT2D eigenvalue weighted by molar-refractivity contribution is 6.30. The zero-order chi connectivity index (χ0) is 10.5. The van der Waals surface area contributed by atoms with Crippen molar-refractivity contribution in [2.24, 2.45) is 5.92 Å². The van der Waals surface area contributed by atoms with Crippen LogP contribution in [-0.2, 0) is 11.2 Å². The molecule has 2 nitrogen and oxygen atoms in total. The maximum Gasteiger partial charge on any atom is 0.0591 e. The fourth-order valence-corrected chi connectivity index (χ4v) is 1.97. The van der Waals surface area contributed by atoms with Gasteiger partial charge in [0.15, 0.2) is 0 Å². The van der Waals surface area contributed by atoms with Crippen molar-refractivity contribution in [1.29, 1.82) is 0 Å². The monoisotopic (exact) mass is 225 g/mol. The lowest BCUT2D eigenvalue weighted by Crippen LogP contribution is -2.24. The van der Waals surface area contributed by atoms with E-state index in [-0.39, 0.29) is 0 Å². The van der Waals surface area contributed by atoms with E-state index in [9.17, 15) is 0 Å². The molecule has 1 aromatic rings. The highest BCUT2D eigenvalue weighted by Gasteiger charge is 2.12. The van der Waals surface area contributed by atoms with Gasteiger partial charge in [0.2, 0.25) is 0 Å². The standard InChI is InChI=1S/C12H16ClNO/c13-12-3-1-10(2-4-12)7-11-8-14-5-6-15-9-11/h1-4,11,14H,5-9H2. The van der Waals surface area contributed by atoms with Gasteiger partial charge in [-0.15, -0.1) is 0 Å². The van der Waals surface area contributed by atoms with Crippen molar-refractivity contribution in [3.8, 4) is 0 Å². The van der Waals surface area contributed by atoms with Crippen molar-refractivity contribution in [2.75, 3.05) is 26.3 Å². The average molecular weight is 226 g/mol. The number of halogens is 1. The van der Waals surface area contributed by atoms with Crippen LogP contribution < -0.4 is 5.32 Å². The van der Waals surface area contributed by atoms with E-state index in [1.54, 1.807) is 0 Å². The first kappa shape index (κ1) is 10.9. The van der Waals surface area contributed by atoms with E-state index < -0.39 is 0 Å². The molecule has 2 rings (SSSR count). The quantitative estimate of drug-likeness (QED) is 0.833. The van der Waals surface area contributed by atoms with Crippen LogP contribution in [0.25, 0.3) is 0 Å². The SMILES string of the molecule is Clc1ccc(CC2CNCCOC2)cc1. The third-order valence-electron chi connectivity index (χ3n) is 2.65. The Balaban J connectivity index is 1.92. The van der Waals surface area contributed by atoms with Gasteiger partial charge in [0.25, 0.3) is 0 Å². The van der Waals surface area contributed by atoms with Gasteiger partial charge >= 0.3 is 0 Å². The van der Waals surface area contributed by atoms with E-state index in [0.717, 1.165) is 37.7 Å². The van der Waals surface area contributed by atoms with Crippen molar-refractivity contribution < 1.29 is 4.74 Å². The molecule has 15 heavy (non-hydrogen) atoms. The zero-order valence-corrected chi connectivity index (χ0v) is 9.46. The van der Waals surface area contributed by atoms with Gasteiger partial charge in [-0.1, -0.05) is 23.7 Å². The van der Waals surface area contributed by atoms with Crippen LogP contribution in [0.5, 0.6) is 0 Å². The molecule has 3 heteroatoms. The molecule has 0 spiro atoms. The van der Waals surface area contributed by atoms with E-state index in [0.29, 0.717) is 5.92 Å². The van der Waals surface area contributed by atoms with E-state index in [1.165, 1.54) is 5.56 Å². The third kappa shape index (κ3) is 3.49. The summed E-state index contributed by atoms with van der Waals surface area (Å²) in [5, 5.41) is 4.18. The van der Waals surface area contributed by atoms with Crippen LogP contribution in [-0.4, -0.2) is 26.3 Å². The van der Waals surface area contributed by atoms with Crippen LogP contribution in [0.1, 0.15) is 5.56 Å². The lowest BCUT2D eigenvalue weighted by atomic mass is 10.0. The van der Waals surface area contributed by atoms with Crippen molar-refractivity contribution in [2.45, 2.75) is 6.42 Å². The van der Waals surface area contributed by atoms with Gasteiger partial charge in [-0.25, -0.2) is 0 Å². The molecule has 1 unspecified atom stereocenters. The first-order valence-electron chi connectivity index (χ1n) is 5.37. The summed E-state index contributed by atoms with van der Waals surface area (Å²) in [5.41, 5.74) is 1.33. The van der Waals surface area contributed by atoms with Crippen molar-refractivity contribution in [3.63, 3.8) is 0 Å². The van der Waals surface area contributed by atoms with Crippen molar-refractivity contribution >= 4 is 11.6 Å². The Kier molecular flexibility index (Phi) is 4.01. The fraction of sp³-hybridized carbons (Fsp3) is 0.500. The van der Waals surface area contributed by atoms with E-state index >= 15 is 0 Å². The molecule has 1 aromatic carbocycles. The van der Waals surface area contributed by atoms with Gasteiger partial charge < -0.3 is 10.1 Å². The molecule has 1 heterocycles. The summed E-state index contributed by atoms with van der Waals surface area (Å²) < 4.78 is 5.51. The summed E-state index contributed by atoms with van der Waals surface area (Å²) in [4.78, 5) is 0. The van der Waals surface area contributed by atoms with Crippen LogP contribution in [0, 0.1) is 5.92 Å². The molecule has 1 N–H and O–H groups in total. The Morgan fingerprint density at radius 1 is 1.33 bits per heavy atom. The Morgan fingerprint density at radius 2 is 2.13 bits per heavy atom. The second kappa shape index (κ2) is 5.50. The highest BCUT2D eigenvalue weighted by atomic mass is 35.5. The average Bonchev–Trinajstić information content (AvgIpc) is 2.50. The summed E-state index contributed by atoms with van der Waals surface area (Å²) in [6.07, 6.45) is 1.06. The number of benzene rings is 1. The summed E-state index contributed by atoms with van der Waals surface area (Å²) in [6, 6.07) is 8.07. The van der Waals surface area contributed by atoms with Crippen molar-refractivity contribution in [3.05, 3.63) is 34.9 Å². The molecular formula is C12H16ClNO. The molecule has 0 aliphatic carbocycles. The predicted octanol–water partition coefficient (Wildman–Crippen LogP) is 2.12. The Hall–Kier alpha value is -0.570.